The molecule has 0 saturated heterocycles. The number of nitriles is 1. The molecule has 10 aromatic carbocycles. The van der Waals surface area contributed by atoms with Crippen molar-refractivity contribution >= 4 is 43.6 Å². The number of nitrogens with zero attached hydrogens (tertiary/aromatic N) is 3. The molecule has 0 atom stereocenters. The summed E-state index contributed by atoms with van der Waals surface area (Å²) in [6, 6.07) is 70.4. The van der Waals surface area contributed by atoms with Gasteiger partial charge < -0.3 is 9.13 Å². The highest BCUT2D eigenvalue weighted by molar-refractivity contribution is 6.14. The summed E-state index contributed by atoms with van der Waals surface area (Å²) in [5.74, 6) is 0. The maximum absolute atomic E-state index is 15.6. The fourth-order valence-electron chi connectivity index (χ4n) is 10.2. The highest BCUT2D eigenvalue weighted by Crippen LogP contribution is 2.47. The molecule has 12 rings (SSSR count). The topological polar surface area (TPSA) is 33.6 Å². The summed E-state index contributed by atoms with van der Waals surface area (Å²) in [6.45, 7) is 0. The van der Waals surface area contributed by atoms with Crippen LogP contribution in [0.25, 0.3) is 111 Å². The number of aromatic nitrogens is 2. The molecule has 0 radical (unpaired) electrons. The Hall–Kier alpha value is -9.13. The molecule has 0 N–H and O–H groups in total. The van der Waals surface area contributed by atoms with E-state index in [1.807, 2.05) is 191 Å². The molecule has 0 amide bonds. The van der Waals surface area contributed by atoms with E-state index >= 15 is 13.2 Å². The van der Waals surface area contributed by atoms with Gasteiger partial charge in [-0.2, -0.15) is 31.6 Å². The summed E-state index contributed by atoms with van der Waals surface area (Å²) >= 11 is 0. The molecule has 0 bridgehead atoms. The van der Waals surface area contributed by atoms with Gasteiger partial charge in [0, 0.05) is 27.1 Å². The van der Waals surface area contributed by atoms with E-state index in [2.05, 4.69) is 18.2 Å². The van der Waals surface area contributed by atoms with Crippen LogP contribution in [0, 0.1) is 11.3 Å². The first-order valence-electron chi connectivity index (χ1n) is 23.2. The van der Waals surface area contributed by atoms with E-state index in [1.54, 1.807) is 6.07 Å². The average Bonchev–Trinajstić information content (AvgIpc) is 3.92. The molecule has 346 valence electrons. The Morgan fingerprint density at radius 3 is 1.01 bits per heavy atom. The number of halogens is 6. The standard InChI is InChI=1S/C63H37F6N3/c64-62(65,66)48-25-26-49(55(36-48)63(67,68)69)54-37-60(71-56-27-21-43(39-13-5-1-6-14-39)31-50(56)51-32-44(22-28-57(51)71)40-15-7-2-8-16-40)47(38-70)35-61(54)72-58-29-23-45(41-17-9-3-10-18-41)33-52(58)53-34-46(24-30-59(53)72)42-19-11-4-12-20-42/h1-37H. The van der Waals surface area contributed by atoms with Gasteiger partial charge in [-0.15, -0.1) is 0 Å². The first-order valence-corrected chi connectivity index (χ1v) is 23.2. The highest BCUT2D eigenvalue weighted by atomic mass is 19.4. The van der Waals surface area contributed by atoms with Crippen molar-refractivity contribution in [2.24, 2.45) is 0 Å². The zero-order chi connectivity index (χ0) is 49.3. The van der Waals surface area contributed by atoms with Crippen LogP contribution < -0.4 is 0 Å². The van der Waals surface area contributed by atoms with E-state index in [1.165, 1.54) is 6.07 Å². The van der Waals surface area contributed by atoms with Gasteiger partial charge in [0.1, 0.15) is 6.07 Å². The average molecular weight is 950 g/mol. The zero-order valence-corrected chi connectivity index (χ0v) is 38.0. The van der Waals surface area contributed by atoms with E-state index in [9.17, 15) is 18.4 Å². The van der Waals surface area contributed by atoms with Gasteiger partial charge in [-0.25, -0.2) is 0 Å². The second kappa shape index (κ2) is 17.1. The van der Waals surface area contributed by atoms with E-state index in [0.717, 1.165) is 72.1 Å². The quantitative estimate of drug-likeness (QED) is 0.147. The molecular formula is C63H37F6N3. The fourth-order valence-corrected chi connectivity index (χ4v) is 10.2. The van der Waals surface area contributed by atoms with Crippen molar-refractivity contribution in [3.8, 4) is 73.1 Å². The second-order valence-electron chi connectivity index (χ2n) is 17.8. The maximum Gasteiger partial charge on any atom is 0.417 e. The van der Waals surface area contributed by atoms with Gasteiger partial charge in [0.05, 0.1) is 50.1 Å². The van der Waals surface area contributed by atoms with Crippen molar-refractivity contribution in [3.05, 3.63) is 241 Å². The third kappa shape index (κ3) is 7.56. The molecule has 72 heavy (non-hydrogen) atoms. The minimum atomic E-state index is -5.22. The predicted molar refractivity (Wildman–Crippen MR) is 277 cm³/mol. The van der Waals surface area contributed by atoms with Gasteiger partial charge in [0.2, 0.25) is 0 Å². The Morgan fingerprint density at radius 2 is 0.681 bits per heavy atom. The number of fused-ring (bicyclic) bond motifs is 6. The van der Waals surface area contributed by atoms with Crippen molar-refractivity contribution in [1.29, 1.82) is 5.26 Å². The minimum Gasteiger partial charge on any atom is -0.309 e. The van der Waals surface area contributed by atoms with Gasteiger partial charge in [-0.05, 0) is 123 Å². The molecule has 12 aromatic rings. The third-order valence-corrected chi connectivity index (χ3v) is 13.6. The summed E-state index contributed by atoms with van der Waals surface area (Å²) in [4.78, 5) is 0. The first kappa shape index (κ1) is 44.1. The van der Waals surface area contributed by atoms with Crippen molar-refractivity contribution in [2.75, 3.05) is 0 Å². The highest BCUT2D eigenvalue weighted by Gasteiger charge is 2.39. The van der Waals surface area contributed by atoms with Gasteiger partial charge in [0.15, 0.2) is 0 Å². The van der Waals surface area contributed by atoms with Crippen LogP contribution in [-0.2, 0) is 12.4 Å². The van der Waals surface area contributed by atoms with E-state index in [-0.39, 0.29) is 28.6 Å². The number of hydrogen-bond donors (Lipinski definition) is 0. The Bertz CT molecular complexity index is 3920. The number of hydrogen-bond acceptors (Lipinski definition) is 1. The van der Waals surface area contributed by atoms with Crippen LogP contribution in [0.1, 0.15) is 16.7 Å². The number of benzene rings is 10. The molecule has 0 aliphatic carbocycles. The molecule has 0 aliphatic heterocycles. The Labute approximate surface area is 409 Å². The summed E-state index contributed by atoms with van der Waals surface area (Å²) in [6.07, 6.45) is -10.3. The SMILES string of the molecule is N#Cc1cc(-n2c3ccc(-c4ccccc4)cc3c3cc(-c4ccccc4)ccc32)c(-c2ccc(C(F)(F)F)cc2C(F)(F)F)cc1-n1c2ccc(-c3ccccc3)cc2c2cc(-c3ccccc3)ccc21. The van der Waals surface area contributed by atoms with Gasteiger partial charge in [-0.3, -0.25) is 0 Å². The molecule has 0 fully saturated rings. The lowest BCUT2D eigenvalue weighted by Gasteiger charge is -2.22. The van der Waals surface area contributed by atoms with Crippen LogP contribution in [0.5, 0.6) is 0 Å². The maximum atomic E-state index is 15.6. The largest absolute Gasteiger partial charge is 0.417 e. The Morgan fingerprint density at radius 1 is 0.319 bits per heavy atom. The molecule has 2 aromatic heterocycles. The van der Waals surface area contributed by atoms with E-state index in [4.69, 9.17) is 0 Å². The van der Waals surface area contributed by atoms with Crippen LogP contribution in [0.2, 0.25) is 0 Å². The van der Waals surface area contributed by atoms with Crippen LogP contribution in [-0.4, -0.2) is 9.13 Å². The summed E-state index contributed by atoms with van der Waals surface area (Å²) in [7, 11) is 0. The molecule has 0 saturated carbocycles. The summed E-state index contributed by atoms with van der Waals surface area (Å²) in [5.41, 5.74) is 7.26. The number of rotatable bonds is 7. The molecule has 3 nitrogen and oxygen atoms in total. The third-order valence-electron chi connectivity index (χ3n) is 13.6. The van der Waals surface area contributed by atoms with Crippen molar-refractivity contribution < 1.29 is 26.3 Å². The van der Waals surface area contributed by atoms with Crippen LogP contribution >= 0.6 is 0 Å². The molecule has 9 heteroatoms. The lowest BCUT2D eigenvalue weighted by Crippen LogP contribution is -2.13. The van der Waals surface area contributed by atoms with Crippen LogP contribution in [0.15, 0.2) is 224 Å². The molecule has 0 unspecified atom stereocenters. The van der Waals surface area contributed by atoms with Crippen molar-refractivity contribution in [2.45, 2.75) is 12.4 Å². The lowest BCUT2D eigenvalue weighted by atomic mass is 9.93. The predicted octanol–water partition coefficient (Wildman–Crippen LogP) is 18.1. The Balaban J connectivity index is 1.19. The number of alkyl halides is 6. The van der Waals surface area contributed by atoms with Crippen molar-refractivity contribution in [1.82, 2.24) is 9.13 Å². The zero-order valence-electron chi connectivity index (χ0n) is 38.0. The van der Waals surface area contributed by atoms with Gasteiger partial charge >= 0.3 is 12.4 Å². The monoisotopic (exact) mass is 949 g/mol. The molecular weight excluding hydrogens is 913 g/mol. The van der Waals surface area contributed by atoms with E-state index in [0.29, 0.717) is 28.1 Å². The smallest absolute Gasteiger partial charge is 0.309 e. The Kier molecular flexibility index (Phi) is 10.5. The molecule has 0 aliphatic rings. The molecule has 2 heterocycles. The fraction of sp³-hybridized carbons (Fsp3) is 0.0317. The summed E-state index contributed by atoms with van der Waals surface area (Å²) in [5, 5.41) is 14.5. The van der Waals surface area contributed by atoms with Crippen LogP contribution in [0.4, 0.5) is 26.3 Å². The molecule has 0 spiro atoms. The normalized spacial score (nSPS) is 12.0. The van der Waals surface area contributed by atoms with E-state index < -0.39 is 29.0 Å². The lowest BCUT2D eigenvalue weighted by molar-refractivity contribution is -0.142. The van der Waals surface area contributed by atoms with Gasteiger partial charge in [-0.1, -0.05) is 152 Å². The van der Waals surface area contributed by atoms with Crippen LogP contribution in [0.3, 0.4) is 0 Å². The van der Waals surface area contributed by atoms with Crippen molar-refractivity contribution in [3.63, 3.8) is 0 Å². The second-order valence-corrected chi connectivity index (χ2v) is 17.8. The van der Waals surface area contributed by atoms with Gasteiger partial charge in [0.25, 0.3) is 0 Å². The minimum absolute atomic E-state index is 0.0278. The first-order chi connectivity index (χ1) is 34.9. The summed E-state index contributed by atoms with van der Waals surface area (Å²) < 4.78 is 93.4.